The summed E-state index contributed by atoms with van der Waals surface area (Å²) in [6, 6.07) is 10.1. The highest BCUT2D eigenvalue weighted by molar-refractivity contribution is 5.70. The third-order valence-electron chi connectivity index (χ3n) is 9.11. The number of unbranched alkanes of at least 4 members (excludes halogenated alkanes) is 24. The number of esters is 2. The molecule has 0 aliphatic rings. The summed E-state index contributed by atoms with van der Waals surface area (Å²) in [5, 5.41) is 0. The van der Waals surface area contributed by atoms with Gasteiger partial charge >= 0.3 is 11.9 Å². The fourth-order valence-corrected chi connectivity index (χ4v) is 6.08. The average Bonchev–Trinajstić information content (AvgIpc) is 3.07. The first-order chi connectivity index (χ1) is 22.7. The average molecular weight is 642 g/mol. The van der Waals surface area contributed by atoms with E-state index in [1.807, 2.05) is 30.3 Å². The highest BCUT2D eigenvalue weighted by Gasteiger charge is 2.17. The highest BCUT2D eigenvalue weighted by Crippen LogP contribution is 2.16. The summed E-state index contributed by atoms with van der Waals surface area (Å²) in [6.45, 7) is 4.67. The van der Waals surface area contributed by atoms with Crippen LogP contribution in [0.15, 0.2) is 30.3 Å². The largest absolute Gasteiger partial charge is 0.462 e. The standard InChI is InChI=1S/C42H73O4/c1-3-5-7-9-11-13-15-17-19-21-23-25-30-34-41(43)45-38-40(37-36-39-32-28-27-29-33-39)46-42(44)35-31-26-24-22-20-18-16-14-12-10-8-6-4-2/h27-29,32-33,36,40H,3-26,30-31,34-35,37-38H2,1-2H3/t40-/m0/s1. The van der Waals surface area contributed by atoms with Crippen LogP contribution >= 0.6 is 0 Å². The highest BCUT2D eigenvalue weighted by atomic mass is 16.6. The molecular weight excluding hydrogens is 568 g/mol. The van der Waals surface area contributed by atoms with Gasteiger partial charge < -0.3 is 9.47 Å². The Balaban J connectivity index is 2.15. The van der Waals surface area contributed by atoms with Gasteiger partial charge in [-0.05, 0) is 31.2 Å². The van der Waals surface area contributed by atoms with Crippen LogP contribution < -0.4 is 0 Å². The molecule has 0 unspecified atom stereocenters. The summed E-state index contributed by atoms with van der Waals surface area (Å²) in [5.41, 5.74) is 1.08. The first kappa shape index (κ1) is 42.2. The smallest absolute Gasteiger partial charge is 0.306 e. The lowest BCUT2D eigenvalue weighted by Crippen LogP contribution is -2.25. The maximum Gasteiger partial charge on any atom is 0.306 e. The Labute approximate surface area is 285 Å². The molecule has 0 aliphatic carbocycles. The van der Waals surface area contributed by atoms with Crippen molar-refractivity contribution in [1.82, 2.24) is 0 Å². The normalized spacial score (nSPS) is 11.9. The summed E-state index contributed by atoms with van der Waals surface area (Å²) in [6.07, 6.45) is 36.4. The van der Waals surface area contributed by atoms with Crippen molar-refractivity contribution in [3.05, 3.63) is 42.3 Å². The van der Waals surface area contributed by atoms with Crippen molar-refractivity contribution >= 4 is 11.9 Å². The minimum atomic E-state index is -0.440. The molecule has 1 rings (SSSR count). The monoisotopic (exact) mass is 642 g/mol. The first-order valence-corrected chi connectivity index (χ1v) is 19.9. The van der Waals surface area contributed by atoms with Crippen LogP contribution in [0, 0.1) is 6.42 Å². The molecule has 1 aromatic carbocycles. The van der Waals surface area contributed by atoms with E-state index in [2.05, 4.69) is 20.3 Å². The molecule has 0 spiro atoms. The van der Waals surface area contributed by atoms with Crippen molar-refractivity contribution < 1.29 is 19.1 Å². The second kappa shape index (κ2) is 33.1. The molecule has 0 aliphatic heterocycles. The van der Waals surface area contributed by atoms with Crippen LogP contribution in [0.5, 0.6) is 0 Å². The van der Waals surface area contributed by atoms with Gasteiger partial charge in [0.15, 0.2) is 0 Å². The van der Waals surface area contributed by atoms with E-state index in [4.69, 9.17) is 9.47 Å². The summed E-state index contributed by atoms with van der Waals surface area (Å²) in [7, 11) is 0. The Morgan fingerprint density at radius 3 is 1.30 bits per heavy atom. The van der Waals surface area contributed by atoms with Gasteiger partial charge in [0.1, 0.15) is 12.7 Å². The van der Waals surface area contributed by atoms with Gasteiger partial charge in [-0.1, -0.05) is 198 Å². The summed E-state index contributed by atoms with van der Waals surface area (Å²) < 4.78 is 11.4. The van der Waals surface area contributed by atoms with Gasteiger partial charge in [0.05, 0.1) is 0 Å². The van der Waals surface area contributed by atoms with Crippen molar-refractivity contribution in [1.29, 1.82) is 0 Å². The Morgan fingerprint density at radius 2 is 0.891 bits per heavy atom. The van der Waals surface area contributed by atoms with E-state index < -0.39 is 6.10 Å². The third-order valence-corrected chi connectivity index (χ3v) is 9.11. The zero-order valence-corrected chi connectivity index (χ0v) is 30.4. The number of hydrogen-bond acceptors (Lipinski definition) is 4. The molecule has 0 saturated carbocycles. The van der Waals surface area contributed by atoms with Gasteiger partial charge in [-0.3, -0.25) is 9.59 Å². The minimum Gasteiger partial charge on any atom is -0.462 e. The number of ether oxygens (including phenoxy) is 2. The van der Waals surface area contributed by atoms with Crippen LogP contribution in [-0.2, 0) is 19.1 Å². The van der Waals surface area contributed by atoms with Crippen LogP contribution in [0.2, 0.25) is 0 Å². The summed E-state index contributed by atoms with van der Waals surface area (Å²) in [5.74, 6) is -0.359. The molecule has 1 radical (unpaired) electrons. The Hall–Kier alpha value is -1.84. The zero-order chi connectivity index (χ0) is 33.2. The van der Waals surface area contributed by atoms with E-state index in [1.54, 1.807) is 0 Å². The van der Waals surface area contributed by atoms with Crippen LogP contribution in [0.3, 0.4) is 0 Å². The molecule has 46 heavy (non-hydrogen) atoms. The Bertz CT molecular complexity index is 792. The number of benzene rings is 1. The quantitative estimate of drug-likeness (QED) is 0.0555. The van der Waals surface area contributed by atoms with Gasteiger partial charge in [0, 0.05) is 12.8 Å². The lowest BCUT2D eigenvalue weighted by atomic mass is 10.0. The molecule has 0 aromatic heterocycles. The maximum absolute atomic E-state index is 12.6. The molecule has 265 valence electrons. The van der Waals surface area contributed by atoms with Crippen molar-refractivity contribution in [3.63, 3.8) is 0 Å². The molecule has 1 atom stereocenters. The second-order valence-electron chi connectivity index (χ2n) is 13.6. The fraction of sp³-hybridized carbons (Fsp3) is 0.786. The maximum atomic E-state index is 12.6. The van der Waals surface area contributed by atoms with Crippen molar-refractivity contribution in [2.75, 3.05) is 6.61 Å². The molecule has 4 nitrogen and oxygen atoms in total. The van der Waals surface area contributed by atoms with Crippen molar-refractivity contribution in [2.45, 2.75) is 206 Å². The van der Waals surface area contributed by atoms with E-state index >= 15 is 0 Å². The van der Waals surface area contributed by atoms with E-state index in [1.165, 1.54) is 141 Å². The number of rotatable bonds is 34. The Kier molecular flexibility index (Phi) is 30.3. The lowest BCUT2D eigenvalue weighted by molar-refractivity contribution is -0.159. The molecule has 0 bridgehead atoms. The molecule has 0 saturated heterocycles. The van der Waals surface area contributed by atoms with Crippen LogP contribution in [0.25, 0.3) is 0 Å². The first-order valence-electron chi connectivity index (χ1n) is 19.9. The Morgan fingerprint density at radius 1 is 0.522 bits per heavy atom. The predicted molar refractivity (Wildman–Crippen MR) is 196 cm³/mol. The van der Waals surface area contributed by atoms with E-state index in [0.29, 0.717) is 19.3 Å². The van der Waals surface area contributed by atoms with Gasteiger partial charge in [0.25, 0.3) is 0 Å². The number of hydrogen-bond donors (Lipinski definition) is 0. The second-order valence-corrected chi connectivity index (χ2v) is 13.6. The molecule has 0 amide bonds. The SMILES string of the molecule is CCCCCCCCCCCCCCCC(=O)OC[C@H](C[CH]c1ccccc1)OC(=O)CCCCCCCCCCCCCCC. The van der Waals surface area contributed by atoms with Crippen LogP contribution in [-0.4, -0.2) is 24.6 Å². The zero-order valence-electron chi connectivity index (χ0n) is 30.4. The van der Waals surface area contributed by atoms with E-state index in [0.717, 1.165) is 31.2 Å². The van der Waals surface area contributed by atoms with Crippen molar-refractivity contribution in [3.8, 4) is 0 Å². The molecular formula is C42H73O4. The molecule has 1 aromatic rings. The van der Waals surface area contributed by atoms with Gasteiger partial charge in [-0.25, -0.2) is 0 Å². The fourth-order valence-electron chi connectivity index (χ4n) is 6.08. The lowest BCUT2D eigenvalue weighted by Gasteiger charge is -2.18. The summed E-state index contributed by atoms with van der Waals surface area (Å²) in [4.78, 5) is 25.1. The minimum absolute atomic E-state index is 0.130. The van der Waals surface area contributed by atoms with Gasteiger partial charge in [0.2, 0.25) is 0 Å². The molecule has 0 N–H and O–H groups in total. The van der Waals surface area contributed by atoms with Crippen LogP contribution in [0.4, 0.5) is 0 Å². The number of carbonyl (C=O) groups excluding carboxylic acids is 2. The molecule has 0 heterocycles. The molecule has 4 heteroatoms. The van der Waals surface area contributed by atoms with Crippen LogP contribution in [0.1, 0.15) is 206 Å². The molecule has 0 fully saturated rings. The predicted octanol–water partition coefficient (Wildman–Crippen LogP) is 13.0. The van der Waals surface area contributed by atoms with Crippen molar-refractivity contribution in [2.24, 2.45) is 0 Å². The van der Waals surface area contributed by atoms with Gasteiger partial charge in [-0.15, -0.1) is 0 Å². The number of carbonyl (C=O) groups is 2. The van der Waals surface area contributed by atoms with Gasteiger partial charge in [-0.2, -0.15) is 0 Å². The third kappa shape index (κ3) is 28.4. The summed E-state index contributed by atoms with van der Waals surface area (Å²) >= 11 is 0. The van der Waals surface area contributed by atoms with E-state index in [9.17, 15) is 9.59 Å². The van der Waals surface area contributed by atoms with E-state index in [-0.39, 0.29) is 18.5 Å². The topological polar surface area (TPSA) is 52.6 Å².